The van der Waals surface area contributed by atoms with E-state index in [2.05, 4.69) is 11.8 Å². The van der Waals surface area contributed by atoms with Crippen molar-refractivity contribution in [2.45, 2.75) is 38.8 Å². The molecule has 0 amide bonds. The summed E-state index contributed by atoms with van der Waals surface area (Å²) >= 11 is 0. The van der Waals surface area contributed by atoms with Crippen LogP contribution in [0.15, 0.2) is 0 Å². The van der Waals surface area contributed by atoms with Gasteiger partial charge in [-0.3, -0.25) is 4.90 Å². The first kappa shape index (κ1) is 11.0. The van der Waals surface area contributed by atoms with Gasteiger partial charge >= 0.3 is 0 Å². The number of ether oxygens (including phenoxy) is 1. The van der Waals surface area contributed by atoms with Crippen LogP contribution in [-0.4, -0.2) is 48.5 Å². The predicted octanol–water partition coefficient (Wildman–Crippen LogP) is 0.868. The summed E-state index contributed by atoms with van der Waals surface area (Å²) in [7, 11) is 0. The van der Waals surface area contributed by atoms with E-state index in [-0.39, 0.29) is 6.10 Å². The van der Waals surface area contributed by atoms with Crippen LogP contribution in [-0.2, 0) is 4.74 Å². The number of aliphatic hydroxyl groups is 1. The molecule has 3 nitrogen and oxygen atoms in total. The van der Waals surface area contributed by atoms with E-state index in [1.54, 1.807) is 0 Å². The predicted molar refractivity (Wildman–Crippen MR) is 52.8 cm³/mol. The molecule has 0 bridgehead atoms. The lowest BCUT2D eigenvalue weighted by Crippen LogP contribution is -2.45. The third-order valence-electron chi connectivity index (χ3n) is 2.65. The van der Waals surface area contributed by atoms with Gasteiger partial charge in [0.15, 0.2) is 0 Å². The maximum Gasteiger partial charge on any atom is 0.0622 e. The molecule has 1 N–H and O–H groups in total. The van der Waals surface area contributed by atoms with Crippen LogP contribution < -0.4 is 0 Å². The van der Waals surface area contributed by atoms with E-state index in [0.717, 1.165) is 39.1 Å². The van der Waals surface area contributed by atoms with Gasteiger partial charge in [0.05, 0.1) is 19.3 Å². The zero-order chi connectivity index (χ0) is 9.68. The van der Waals surface area contributed by atoms with Crippen molar-refractivity contribution in [1.29, 1.82) is 0 Å². The topological polar surface area (TPSA) is 32.7 Å². The molecule has 0 aromatic carbocycles. The van der Waals surface area contributed by atoms with Gasteiger partial charge in [-0.2, -0.15) is 0 Å². The number of aliphatic hydroxyl groups excluding tert-OH is 1. The minimum atomic E-state index is -0.180. The first-order valence-electron chi connectivity index (χ1n) is 5.24. The second kappa shape index (κ2) is 5.58. The fraction of sp³-hybridized carbons (Fsp3) is 1.00. The fourth-order valence-corrected chi connectivity index (χ4v) is 1.71. The van der Waals surface area contributed by atoms with Crippen LogP contribution in [0.2, 0.25) is 0 Å². The van der Waals surface area contributed by atoms with E-state index in [1.807, 2.05) is 6.92 Å². The normalized spacial score (nSPS) is 27.5. The summed E-state index contributed by atoms with van der Waals surface area (Å²) in [6, 6.07) is 0.562. The Morgan fingerprint density at radius 1 is 1.62 bits per heavy atom. The average molecular weight is 187 g/mol. The van der Waals surface area contributed by atoms with Gasteiger partial charge in [-0.05, 0) is 19.8 Å². The molecule has 78 valence electrons. The van der Waals surface area contributed by atoms with Crippen LogP contribution in [0.3, 0.4) is 0 Å². The van der Waals surface area contributed by atoms with Crippen LogP contribution in [0.1, 0.15) is 26.7 Å². The molecule has 0 saturated carbocycles. The number of hydrogen-bond acceptors (Lipinski definition) is 3. The molecule has 1 heterocycles. The van der Waals surface area contributed by atoms with Crippen molar-refractivity contribution in [3.63, 3.8) is 0 Å². The lowest BCUT2D eigenvalue weighted by molar-refractivity contribution is -0.0134. The van der Waals surface area contributed by atoms with Crippen LogP contribution in [0.25, 0.3) is 0 Å². The minimum Gasteiger partial charge on any atom is -0.393 e. The molecule has 0 aliphatic carbocycles. The van der Waals surface area contributed by atoms with E-state index < -0.39 is 0 Å². The largest absolute Gasteiger partial charge is 0.393 e. The number of morpholine rings is 1. The molecule has 2 unspecified atom stereocenters. The number of nitrogens with zero attached hydrogens (tertiary/aromatic N) is 1. The van der Waals surface area contributed by atoms with Crippen LogP contribution in [0.4, 0.5) is 0 Å². The van der Waals surface area contributed by atoms with E-state index >= 15 is 0 Å². The SMILES string of the molecule is CCC1COCCN1CCC(C)O. The molecule has 0 aromatic heterocycles. The molecule has 1 saturated heterocycles. The zero-order valence-corrected chi connectivity index (χ0v) is 8.70. The van der Waals surface area contributed by atoms with Gasteiger partial charge in [-0.15, -0.1) is 0 Å². The van der Waals surface area contributed by atoms with Gasteiger partial charge in [-0.25, -0.2) is 0 Å². The Kier molecular flexibility index (Phi) is 4.70. The van der Waals surface area contributed by atoms with Gasteiger partial charge in [0.25, 0.3) is 0 Å². The summed E-state index contributed by atoms with van der Waals surface area (Å²) in [4.78, 5) is 2.43. The lowest BCUT2D eigenvalue weighted by Gasteiger charge is -2.35. The third kappa shape index (κ3) is 3.63. The minimum absolute atomic E-state index is 0.180. The highest BCUT2D eigenvalue weighted by atomic mass is 16.5. The van der Waals surface area contributed by atoms with Crippen LogP contribution in [0.5, 0.6) is 0 Å². The Morgan fingerprint density at radius 2 is 2.38 bits per heavy atom. The second-order valence-electron chi connectivity index (χ2n) is 3.81. The molecule has 1 aliphatic heterocycles. The molecule has 0 aromatic rings. The maximum atomic E-state index is 9.18. The molecule has 1 fully saturated rings. The van der Waals surface area contributed by atoms with Gasteiger partial charge in [0.1, 0.15) is 0 Å². The zero-order valence-electron chi connectivity index (χ0n) is 8.70. The molecule has 1 aliphatic rings. The highest BCUT2D eigenvalue weighted by Crippen LogP contribution is 2.10. The molecule has 2 atom stereocenters. The van der Waals surface area contributed by atoms with E-state index in [9.17, 15) is 5.11 Å². The lowest BCUT2D eigenvalue weighted by atomic mass is 10.1. The fourth-order valence-electron chi connectivity index (χ4n) is 1.71. The summed E-state index contributed by atoms with van der Waals surface area (Å²) in [5.74, 6) is 0. The molecule has 3 heteroatoms. The summed E-state index contributed by atoms with van der Waals surface area (Å²) in [5.41, 5.74) is 0. The highest BCUT2D eigenvalue weighted by molar-refractivity contribution is 4.74. The number of hydrogen-bond donors (Lipinski definition) is 1. The van der Waals surface area contributed by atoms with Gasteiger partial charge in [-0.1, -0.05) is 6.92 Å². The Bertz CT molecular complexity index is 139. The van der Waals surface area contributed by atoms with E-state index in [1.165, 1.54) is 0 Å². The van der Waals surface area contributed by atoms with Gasteiger partial charge < -0.3 is 9.84 Å². The van der Waals surface area contributed by atoms with Crippen LogP contribution in [0, 0.1) is 0 Å². The van der Waals surface area contributed by atoms with Crippen molar-refractivity contribution in [2.24, 2.45) is 0 Å². The summed E-state index contributed by atoms with van der Waals surface area (Å²) in [6.07, 6.45) is 1.83. The molecular weight excluding hydrogens is 166 g/mol. The Hall–Kier alpha value is -0.120. The Balaban J connectivity index is 2.27. The van der Waals surface area contributed by atoms with Gasteiger partial charge in [0.2, 0.25) is 0 Å². The van der Waals surface area contributed by atoms with Crippen molar-refractivity contribution in [3.8, 4) is 0 Å². The van der Waals surface area contributed by atoms with Gasteiger partial charge in [0, 0.05) is 19.1 Å². The summed E-state index contributed by atoms with van der Waals surface area (Å²) in [5, 5.41) is 9.18. The molecule has 0 spiro atoms. The highest BCUT2D eigenvalue weighted by Gasteiger charge is 2.20. The summed E-state index contributed by atoms with van der Waals surface area (Å²) < 4.78 is 5.41. The molecule has 1 rings (SSSR count). The first-order chi connectivity index (χ1) is 6.24. The smallest absolute Gasteiger partial charge is 0.0622 e. The first-order valence-corrected chi connectivity index (χ1v) is 5.24. The molecule has 0 radical (unpaired) electrons. The monoisotopic (exact) mass is 187 g/mol. The standard InChI is InChI=1S/C10H21NO2/c1-3-10-8-13-7-6-11(10)5-4-9(2)12/h9-10,12H,3-8H2,1-2H3. The van der Waals surface area contributed by atoms with Crippen LogP contribution >= 0.6 is 0 Å². The van der Waals surface area contributed by atoms with Crippen molar-refractivity contribution < 1.29 is 9.84 Å². The van der Waals surface area contributed by atoms with Crippen molar-refractivity contribution in [2.75, 3.05) is 26.3 Å². The maximum absolute atomic E-state index is 9.18. The molecular formula is C10H21NO2. The van der Waals surface area contributed by atoms with Crippen molar-refractivity contribution in [1.82, 2.24) is 4.90 Å². The Morgan fingerprint density at radius 3 is 3.00 bits per heavy atom. The van der Waals surface area contributed by atoms with E-state index in [0.29, 0.717) is 6.04 Å². The Labute approximate surface area is 80.7 Å². The molecule has 13 heavy (non-hydrogen) atoms. The second-order valence-corrected chi connectivity index (χ2v) is 3.81. The van der Waals surface area contributed by atoms with Crippen molar-refractivity contribution in [3.05, 3.63) is 0 Å². The number of rotatable bonds is 4. The third-order valence-corrected chi connectivity index (χ3v) is 2.65. The van der Waals surface area contributed by atoms with Crippen molar-refractivity contribution >= 4 is 0 Å². The quantitative estimate of drug-likeness (QED) is 0.709. The average Bonchev–Trinajstić information content (AvgIpc) is 2.15. The van der Waals surface area contributed by atoms with E-state index in [4.69, 9.17) is 4.74 Å². The summed E-state index contributed by atoms with van der Waals surface area (Å²) in [6.45, 7) is 7.76.